The fourth-order valence-electron chi connectivity index (χ4n) is 0.628. The summed E-state index contributed by atoms with van der Waals surface area (Å²) in [6.07, 6.45) is 0. The first kappa shape index (κ1) is 9.57. The molecule has 44 valence electrons. The molecule has 1 aromatic rings. The van der Waals surface area contributed by atoms with Crippen LogP contribution in [0.3, 0.4) is 0 Å². The molecule has 0 saturated heterocycles. The second-order valence-corrected chi connectivity index (χ2v) is 2.36. The molecule has 0 bridgehead atoms. The maximum atomic E-state index is 4.15. The summed E-state index contributed by atoms with van der Waals surface area (Å²) in [6, 6.07) is 8.05. The third kappa shape index (κ3) is 3.31. The molecule has 9 heavy (non-hydrogen) atoms. The summed E-state index contributed by atoms with van der Waals surface area (Å²) < 4.78 is 0. The standard InChI is InChI=1S/C7H8S.Na.H/c1-6-3-2-4-7(8)5-6;;/h2-5,8H,1H3;;. The molecule has 0 nitrogen and oxygen atoms in total. The SMILES string of the molecule is Cc1cccc(S)c1.[NaH]. The van der Waals surface area contributed by atoms with E-state index in [4.69, 9.17) is 0 Å². The second-order valence-electron chi connectivity index (χ2n) is 1.84. The second kappa shape index (κ2) is 4.40. The van der Waals surface area contributed by atoms with Crippen LogP contribution in [-0.4, -0.2) is 29.6 Å². The summed E-state index contributed by atoms with van der Waals surface area (Å²) in [5.74, 6) is 0. The molecular weight excluding hydrogens is 139 g/mol. The van der Waals surface area contributed by atoms with E-state index < -0.39 is 0 Å². The quantitative estimate of drug-likeness (QED) is 0.419. The normalized spacial score (nSPS) is 8.22. The van der Waals surface area contributed by atoms with Crippen molar-refractivity contribution in [2.45, 2.75) is 11.8 Å². The molecule has 0 aliphatic heterocycles. The van der Waals surface area contributed by atoms with Gasteiger partial charge in [-0.25, -0.2) is 0 Å². The van der Waals surface area contributed by atoms with Crippen molar-refractivity contribution in [2.24, 2.45) is 0 Å². The van der Waals surface area contributed by atoms with Gasteiger partial charge < -0.3 is 0 Å². The van der Waals surface area contributed by atoms with Gasteiger partial charge in [-0.1, -0.05) is 17.7 Å². The Balaban J connectivity index is 0.000000640. The van der Waals surface area contributed by atoms with Gasteiger partial charge in [-0.05, 0) is 19.1 Å². The zero-order valence-corrected chi connectivity index (χ0v) is 5.65. The predicted octanol–water partition coefficient (Wildman–Crippen LogP) is 1.64. The van der Waals surface area contributed by atoms with E-state index in [2.05, 4.69) is 25.6 Å². The molecule has 1 aromatic carbocycles. The molecule has 0 unspecified atom stereocenters. The molecular formula is C7H9NaS. The van der Waals surface area contributed by atoms with Crippen LogP contribution in [0.2, 0.25) is 0 Å². The number of hydrogen-bond acceptors (Lipinski definition) is 1. The van der Waals surface area contributed by atoms with Crippen LogP contribution in [0.1, 0.15) is 5.56 Å². The van der Waals surface area contributed by atoms with Gasteiger partial charge in [-0.15, -0.1) is 12.6 Å². The maximum absolute atomic E-state index is 4.15. The minimum atomic E-state index is 0. The van der Waals surface area contributed by atoms with Gasteiger partial charge in [0.05, 0.1) is 0 Å². The van der Waals surface area contributed by atoms with E-state index in [-0.39, 0.29) is 29.6 Å². The zero-order valence-electron chi connectivity index (χ0n) is 4.76. The van der Waals surface area contributed by atoms with Gasteiger partial charge in [0.15, 0.2) is 0 Å². The van der Waals surface area contributed by atoms with E-state index in [0.717, 1.165) is 4.90 Å². The minimum absolute atomic E-state index is 0. The molecule has 0 saturated carbocycles. The van der Waals surface area contributed by atoms with Crippen LogP contribution < -0.4 is 0 Å². The monoisotopic (exact) mass is 148 g/mol. The molecule has 0 N–H and O–H groups in total. The van der Waals surface area contributed by atoms with Crippen LogP contribution in [0.25, 0.3) is 0 Å². The number of hydrogen-bond donors (Lipinski definition) is 1. The van der Waals surface area contributed by atoms with Crippen LogP contribution in [0, 0.1) is 6.92 Å². The van der Waals surface area contributed by atoms with E-state index in [0.29, 0.717) is 0 Å². The van der Waals surface area contributed by atoms with Crippen molar-refractivity contribution in [1.29, 1.82) is 0 Å². The molecule has 0 spiro atoms. The Morgan fingerprint density at radius 3 is 2.33 bits per heavy atom. The molecule has 0 fully saturated rings. The Bertz CT molecular complexity index is 169. The summed E-state index contributed by atoms with van der Waals surface area (Å²) in [4.78, 5) is 1.03. The third-order valence-electron chi connectivity index (χ3n) is 1.00. The Morgan fingerprint density at radius 1 is 1.33 bits per heavy atom. The predicted molar refractivity (Wildman–Crippen MR) is 45.6 cm³/mol. The summed E-state index contributed by atoms with van der Waals surface area (Å²) >= 11 is 4.15. The van der Waals surface area contributed by atoms with Gasteiger partial charge in [0, 0.05) is 4.90 Å². The number of rotatable bonds is 0. The molecule has 0 aliphatic rings. The molecule has 0 heterocycles. The van der Waals surface area contributed by atoms with Gasteiger partial charge in [-0.2, -0.15) is 0 Å². The number of aryl methyl sites for hydroxylation is 1. The van der Waals surface area contributed by atoms with Crippen LogP contribution in [0.4, 0.5) is 0 Å². The van der Waals surface area contributed by atoms with E-state index >= 15 is 0 Å². The van der Waals surface area contributed by atoms with Gasteiger partial charge in [-0.3, -0.25) is 0 Å². The van der Waals surface area contributed by atoms with Gasteiger partial charge in [0.25, 0.3) is 0 Å². The Kier molecular flexibility index (Phi) is 4.67. The third-order valence-corrected chi connectivity index (χ3v) is 1.28. The van der Waals surface area contributed by atoms with Crippen molar-refractivity contribution in [1.82, 2.24) is 0 Å². The molecule has 0 aliphatic carbocycles. The average Bonchev–Trinajstić information content (AvgIpc) is 1.64. The van der Waals surface area contributed by atoms with Crippen molar-refractivity contribution < 1.29 is 0 Å². The summed E-state index contributed by atoms with van der Waals surface area (Å²) in [5.41, 5.74) is 1.26. The molecule has 2 heteroatoms. The van der Waals surface area contributed by atoms with Gasteiger partial charge in [0.2, 0.25) is 0 Å². The first-order valence-corrected chi connectivity index (χ1v) is 2.99. The number of benzene rings is 1. The van der Waals surface area contributed by atoms with E-state index in [1.807, 2.05) is 18.2 Å². The molecule has 0 amide bonds. The molecule has 0 atom stereocenters. The molecule has 0 aromatic heterocycles. The van der Waals surface area contributed by atoms with E-state index in [9.17, 15) is 0 Å². The van der Waals surface area contributed by atoms with Crippen LogP contribution in [-0.2, 0) is 0 Å². The number of thiol groups is 1. The van der Waals surface area contributed by atoms with Crippen molar-refractivity contribution >= 4 is 42.2 Å². The molecule has 1 rings (SSSR count). The summed E-state index contributed by atoms with van der Waals surface area (Å²) in [5, 5.41) is 0. The van der Waals surface area contributed by atoms with Crippen molar-refractivity contribution in [3.05, 3.63) is 29.8 Å². The fourth-order valence-corrected chi connectivity index (χ4v) is 0.918. The van der Waals surface area contributed by atoms with Crippen LogP contribution >= 0.6 is 12.6 Å². The topological polar surface area (TPSA) is 0 Å². The fraction of sp³-hybridized carbons (Fsp3) is 0.143. The summed E-state index contributed by atoms with van der Waals surface area (Å²) in [7, 11) is 0. The first-order chi connectivity index (χ1) is 3.79. The van der Waals surface area contributed by atoms with Crippen molar-refractivity contribution in [3.8, 4) is 0 Å². The average molecular weight is 148 g/mol. The van der Waals surface area contributed by atoms with Gasteiger partial charge in [0.1, 0.15) is 0 Å². The van der Waals surface area contributed by atoms with Crippen molar-refractivity contribution in [2.75, 3.05) is 0 Å². The Labute approximate surface area is 83.4 Å². The zero-order chi connectivity index (χ0) is 5.98. The first-order valence-electron chi connectivity index (χ1n) is 2.54. The van der Waals surface area contributed by atoms with E-state index in [1.54, 1.807) is 0 Å². The van der Waals surface area contributed by atoms with Crippen molar-refractivity contribution in [3.63, 3.8) is 0 Å². The Hall–Kier alpha value is 0.570. The van der Waals surface area contributed by atoms with Crippen LogP contribution in [0.5, 0.6) is 0 Å². The Morgan fingerprint density at radius 2 is 2.00 bits per heavy atom. The van der Waals surface area contributed by atoms with E-state index in [1.165, 1.54) is 5.56 Å². The van der Waals surface area contributed by atoms with Gasteiger partial charge >= 0.3 is 29.6 Å². The summed E-state index contributed by atoms with van der Waals surface area (Å²) in [6.45, 7) is 2.06. The van der Waals surface area contributed by atoms with Crippen LogP contribution in [0.15, 0.2) is 29.2 Å². The molecule has 0 radical (unpaired) electrons.